The van der Waals surface area contributed by atoms with Crippen molar-refractivity contribution >= 4 is 11.5 Å². The SMILES string of the molecule is CCn1nc(C)c(N)c1N1CCCC1CO. The van der Waals surface area contributed by atoms with Gasteiger partial charge in [-0.1, -0.05) is 0 Å². The van der Waals surface area contributed by atoms with Crippen molar-refractivity contribution in [2.75, 3.05) is 23.8 Å². The second-order valence-electron chi connectivity index (χ2n) is 4.31. The van der Waals surface area contributed by atoms with Crippen LogP contribution in [-0.2, 0) is 6.54 Å². The molecule has 2 rings (SSSR count). The van der Waals surface area contributed by atoms with Crippen molar-refractivity contribution in [3.05, 3.63) is 5.69 Å². The summed E-state index contributed by atoms with van der Waals surface area (Å²) in [4.78, 5) is 2.19. The molecule has 2 heterocycles. The van der Waals surface area contributed by atoms with E-state index in [4.69, 9.17) is 5.73 Å². The lowest BCUT2D eigenvalue weighted by Gasteiger charge is -2.26. The summed E-state index contributed by atoms with van der Waals surface area (Å²) >= 11 is 0. The summed E-state index contributed by atoms with van der Waals surface area (Å²) in [6, 6.07) is 0.198. The van der Waals surface area contributed by atoms with Crippen molar-refractivity contribution in [3.8, 4) is 0 Å². The Bertz CT molecular complexity index is 374. The quantitative estimate of drug-likeness (QED) is 0.795. The molecule has 0 bridgehead atoms. The Balaban J connectivity index is 2.38. The molecule has 1 saturated heterocycles. The van der Waals surface area contributed by atoms with E-state index >= 15 is 0 Å². The van der Waals surface area contributed by atoms with Crippen LogP contribution in [0.15, 0.2) is 0 Å². The van der Waals surface area contributed by atoms with Gasteiger partial charge in [-0.2, -0.15) is 5.10 Å². The third-order valence-electron chi connectivity index (χ3n) is 3.31. The number of anilines is 2. The molecule has 16 heavy (non-hydrogen) atoms. The molecular formula is C11H20N4O. The Morgan fingerprint density at radius 2 is 2.31 bits per heavy atom. The minimum atomic E-state index is 0.188. The predicted molar refractivity (Wildman–Crippen MR) is 64.5 cm³/mol. The first-order valence-electron chi connectivity index (χ1n) is 5.89. The van der Waals surface area contributed by atoms with E-state index in [0.29, 0.717) is 0 Å². The number of hydrogen-bond donors (Lipinski definition) is 2. The predicted octanol–water partition coefficient (Wildman–Crippen LogP) is 0.755. The van der Waals surface area contributed by atoms with Crippen molar-refractivity contribution in [2.24, 2.45) is 0 Å². The largest absolute Gasteiger partial charge is 0.394 e. The summed E-state index contributed by atoms with van der Waals surface area (Å²) in [6.07, 6.45) is 2.14. The van der Waals surface area contributed by atoms with E-state index in [0.717, 1.165) is 43.1 Å². The van der Waals surface area contributed by atoms with Gasteiger partial charge in [0.25, 0.3) is 0 Å². The number of nitrogen functional groups attached to an aromatic ring is 1. The van der Waals surface area contributed by atoms with Crippen molar-refractivity contribution in [1.29, 1.82) is 0 Å². The van der Waals surface area contributed by atoms with Crippen LogP contribution >= 0.6 is 0 Å². The zero-order chi connectivity index (χ0) is 11.7. The van der Waals surface area contributed by atoms with Gasteiger partial charge in [-0.3, -0.25) is 0 Å². The average Bonchev–Trinajstić information content (AvgIpc) is 2.84. The number of aromatic nitrogens is 2. The first kappa shape index (κ1) is 11.3. The van der Waals surface area contributed by atoms with E-state index in [1.807, 2.05) is 11.6 Å². The normalized spacial score (nSPS) is 20.7. The van der Waals surface area contributed by atoms with Crippen LogP contribution in [-0.4, -0.2) is 34.1 Å². The minimum absolute atomic E-state index is 0.188. The van der Waals surface area contributed by atoms with E-state index in [9.17, 15) is 5.11 Å². The Hall–Kier alpha value is -1.23. The van der Waals surface area contributed by atoms with Crippen LogP contribution in [0.4, 0.5) is 11.5 Å². The van der Waals surface area contributed by atoms with Crippen molar-refractivity contribution < 1.29 is 5.11 Å². The molecule has 0 aliphatic carbocycles. The maximum absolute atomic E-state index is 9.35. The van der Waals surface area contributed by atoms with Crippen LogP contribution < -0.4 is 10.6 Å². The van der Waals surface area contributed by atoms with E-state index in [-0.39, 0.29) is 12.6 Å². The standard InChI is InChI=1S/C11H20N4O/c1-3-15-11(10(12)8(2)13-15)14-6-4-5-9(14)7-16/h9,16H,3-7,12H2,1-2H3. The summed E-state index contributed by atoms with van der Waals surface area (Å²) in [5.41, 5.74) is 7.70. The Morgan fingerprint density at radius 3 is 2.94 bits per heavy atom. The molecule has 3 N–H and O–H groups in total. The fourth-order valence-corrected chi connectivity index (χ4v) is 2.41. The zero-order valence-corrected chi connectivity index (χ0v) is 9.98. The smallest absolute Gasteiger partial charge is 0.150 e. The molecule has 1 fully saturated rings. The summed E-state index contributed by atoms with van der Waals surface area (Å²) in [7, 11) is 0. The monoisotopic (exact) mass is 224 g/mol. The van der Waals surface area contributed by atoms with Gasteiger partial charge in [-0.05, 0) is 26.7 Å². The summed E-state index contributed by atoms with van der Waals surface area (Å²) < 4.78 is 1.93. The van der Waals surface area contributed by atoms with Gasteiger partial charge >= 0.3 is 0 Å². The number of aliphatic hydroxyl groups excluding tert-OH is 1. The van der Waals surface area contributed by atoms with Gasteiger partial charge in [0, 0.05) is 13.1 Å². The Labute approximate surface area is 95.8 Å². The Kier molecular flexibility index (Phi) is 3.05. The Morgan fingerprint density at radius 1 is 1.56 bits per heavy atom. The molecule has 1 atom stereocenters. The van der Waals surface area contributed by atoms with E-state index in [1.165, 1.54) is 0 Å². The van der Waals surface area contributed by atoms with Crippen LogP contribution in [0.25, 0.3) is 0 Å². The molecular weight excluding hydrogens is 204 g/mol. The molecule has 0 amide bonds. The highest BCUT2D eigenvalue weighted by atomic mass is 16.3. The molecule has 1 aromatic heterocycles. The molecule has 1 aliphatic rings. The van der Waals surface area contributed by atoms with Crippen molar-refractivity contribution in [3.63, 3.8) is 0 Å². The van der Waals surface area contributed by atoms with Gasteiger partial charge in [0.2, 0.25) is 0 Å². The molecule has 0 saturated carbocycles. The highest BCUT2D eigenvalue weighted by molar-refractivity contribution is 5.67. The number of aliphatic hydroxyl groups is 1. The molecule has 5 heteroatoms. The number of aryl methyl sites for hydroxylation is 2. The maximum Gasteiger partial charge on any atom is 0.150 e. The second kappa shape index (κ2) is 4.33. The van der Waals surface area contributed by atoms with Gasteiger partial charge < -0.3 is 15.7 Å². The van der Waals surface area contributed by atoms with E-state index in [2.05, 4.69) is 16.9 Å². The third kappa shape index (κ3) is 1.65. The maximum atomic E-state index is 9.35. The van der Waals surface area contributed by atoms with Gasteiger partial charge in [0.15, 0.2) is 5.82 Å². The number of hydrogen-bond acceptors (Lipinski definition) is 4. The first-order chi connectivity index (χ1) is 7.69. The van der Waals surface area contributed by atoms with Crippen molar-refractivity contribution in [2.45, 2.75) is 39.3 Å². The number of nitrogens with two attached hydrogens (primary N) is 1. The fourth-order valence-electron chi connectivity index (χ4n) is 2.41. The third-order valence-corrected chi connectivity index (χ3v) is 3.31. The molecule has 0 aromatic carbocycles. The molecule has 1 aromatic rings. The van der Waals surface area contributed by atoms with Gasteiger partial charge in [0.1, 0.15) is 0 Å². The molecule has 0 spiro atoms. The first-order valence-corrected chi connectivity index (χ1v) is 5.89. The van der Waals surface area contributed by atoms with E-state index in [1.54, 1.807) is 0 Å². The van der Waals surface area contributed by atoms with Crippen LogP contribution in [0.5, 0.6) is 0 Å². The molecule has 1 unspecified atom stereocenters. The van der Waals surface area contributed by atoms with Crippen LogP contribution in [0.1, 0.15) is 25.5 Å². The van der Waals surface area contributed by atoms with Gasteiger partial charge in [-0.25, -0.2) is 4.68 Å². The lowest BCUT2D eigenvalue weighted by molar-refractivity contribution is 0.265. The molecule has 5 nitrogen and oxygen atoms in total. The van der Waals surface area contributed by atoms with Crippen LogP contribution in [0.2, 0.25) is 0 Å². The minimum Gasteiger partial charge on any atom is -0.394 e. The average molecular weight is 224 g/mol. The highest BCUT2D eigenvalue weighted by Gasteiger charge is 2.28. The number of rotatable bonds is 3. The molecule has 0 radical (unpaired) electrons. The summed E-state index contributed by atoms with van der Waals surface area (Å²) in [5.74, 6) is 0.983. The lowest BCUT2D eigenvalue weighted by atomic mass is 10.2. The van der Waals surface area contributed by atoms with Gasteiger partial charge in [0.05, 0.1) is 24.0 Å². The summed E-state index contributed by atoms with van der Waals surface area (Å²) in [6.45, 7) is 5.93. The highest BCUT2D eigenvalue weighted by Crippen LogP contribution is 2.32. The van der Waals surface area contributed by atoms with Gasteiger partial charge in [-0.15, -0.1) is 0 Å². The second-order valence-corrected chi connectivity index (χ2v) is 4.31. The fraction of sp³-hybridized carbons (Fsp3) is 0.727. The molecule has 90 valence electrons. The van der Waals surface area contributed by atoms with Crippen LogP contribution in [0, 0.1) is 6.92 Å². The lowest BCUT2D eigenvalue weighted by Crippen LogP contribution is -2.34. The number of nitrogens with zero attached hydrogens (tertiary/aromatic N) is 3. The van der Waals surface area contributed by atoms with Crippen LogP contribution in [0.3, 0.4) is 0 Å². The van der Waals surface area contributed by atoms with E-state index < -0.39 is 0 Å². The summed E-state index contributed by atoms with van der Waals surface area (Å²) in [5, 5.41) is 13.8. The topological polar surface area (TPSA) is 67.3 Å². The zero-order valence-electron chi connectivity index (χ0n) is 9.98. The molecule has 1 aliphatic heterocycles. The van der Waals surface area contributed by atoms with Crippen molar-refractivity contribution in [1.82, 2.24) is 9.78 Å².